The molecule has 1 heterocycles. The SMILES string of the molecule is COc1ccc(Cn2c(CCc3ccccc3)nc3ccccc32)cc1. The van der Waals surface area contributed by atoms with Crippen molar-refractivity contribution in [3.05, 3.63) is 95.8 Å². The molecule has 0 bridgehead atoms. The number of para-hydroxylation sites is 2. The van der Waals surface area contributed by atoms with Crippen molar-refractivity contribution >= 4 is 11.0 Å². The summed E-state index contributed by atoms with van der Waals surface area (Å²) in [6.45, 7) is 0.814. The van der Waals surface area contributed by atoms with Gasteiger partial charge in [0.25, 0.3) is 0 Å². The Bertz CT molecular complexity index is 988. The van der Waals surface area contributed by atoms with E-state index in [2.05, 4.69) is 65.2 Å². The van der Waals surface area contributed by atoms with Crippen LogP contribution in [0, 0.1) is 0 Å². The standard InChI is InChI=1S/C23H22N2O/c1-26-20-14-11-19(12-15-20)17-25-22-10-6-5-9-21(22)24-23(25)16-13-18-7-3-2-4-8-18/h2-12,14-15H,13,16-17H2,1H3. The van der Waals surface area contributed by atoms with Gasteiger partial charge in [-0.1, -0.05) is 54.6 Å². The number of rotatable bonds is 6. The topological polar surface area (TPSA) is 27.1 Å². The number of hydrogen-bond donors (Lipinski definition) is 0. The minimum atomic E-state index is 0.814. The van der Waals surface area contributed by atoms with Crippen molar-refractivity contribution in [3.8, 4) is 5.75 Å². The molecular formula is C23H22N2O. The molecule has 1 aromatic heterocycles. The lowest BCUT2D eigenvalue weighted by atomic mass is 10.1. The molecule has 0 atom stereocenters. The van der Waals surface area contributed by atoms with Crippen LogP contribution < -0.4 is 4.74 Å². The third-order valence-corrected chi connectivity index (χ3v) is 4.71. The summed E-state index contributed by atoms with van der Waals surface area (Å²) in [5.74, 6) is 2.01. The van der Waals surface area contributed by atoms with Gasteiger partial charge in [-0.15, -0.1) is 0 Å². The van der Waals surface area contributed by atoms with Gasteiger partial charge in [0, 0.05) is 13.0 Å². The highest BCUT2D eigenvalue weighted by Gasteiger charge is 2.11. The summed E-state index contributed by atoms with van der Waals surface area (Å²) in [6, 6.07) is 27.2. The second-order valence-electron chi connectivity index (χ2n) is 6.44. The first-order valence-corrected chi connectivity index (χ1v) is 8.94. The lowest BCUT2D eigenvalue weighted by molar-refractivity contribution is 0.414. The van der Waals surface area contributed by atoms with Crippen LogP contribution in [0.2, 0.25) is 0 Å². The summed E-state index contributed by atoms with van der Waals surface area (Å²) in [5.41, 5.74) is 4.83. The van der Waals surface area contributed by atoms with Crippen LogP contribution >= 0.6 is 0 Å². The molecule has 130 valence electrons. The predicted octanol–water partition coefficient (Wildman–Crippen LogP) is 4.88. The Morgan fingerprint density at radius 1 is 0.769 bits per heavy atom. The lowest BCUT2D eigenvalue weighted by Gasteiger charge is -2.10. The molecule has 3 aromatic carbocycles. The van der Waals surface area contributed by atoms with Gasteiger partial charge in [0.1, 0.15) is 11.6 Å². The largest absolute Gasteiger partial charge is 0.497 e. The number of nitrogens with zero attached hydrogens (tertiary/aromatic N) is 2. The molecule has 4 rings (SSSR count). The van der Waals surface area contributed by atoms with Crippen molar-refractivity contribution in [2.24, 2.45) is 0 Å². The average Bonchev–Trinajstić information content (AvgIpc) is 3.05. The Hall–Kier alpha value is -3.07. The number of imidazole rings is 1. The number of ether oxygens (including phenoxy) is 1. The van der Waals surface area contributed by atoms with Crippen molar-refractivity contribution in [2.45, 2.75) is 19.4 Å². The van der Waals surface area contributed by atoms with Gasteiger partial charge < -0.3 is 9.30 Å². The van der Waals surface area contributed by atoms with Crippen LogP contribution in [0.3, 0.4) is 0 Å². The van der Waals surface area contributed by atoms with E-state index in [1.807, 2.05) is 18.2 Å². The lowest BCUT2D eigenvalue weighted by Crippen LogP contribution is -2.06. The first-order chi connectivity index (χ1) is 12.8. The fourth-order valence-corrected chi connectivity index (χ4v) is 3.31. The fraction of sp³-hybridized carbons (Fsp3) is 0.174. The quantitative estimate of drug-likeness (QED) is 0.499. The molecule has 0 spiro atoms. The van der Waals surface area contributed by atoms with E-state index in [1.165, 1.54) is 16.6 Å². The maximum absolute atomic E-state index is 5.27. The third kappa shape index (κ3) is 3.47. The van der Waals surface area contributed by atoms with Gasteiger partial charge in [-0.05, 0) is 41.8 Å². The molecule has 0 aliphatic heterocycles. The normalized spacial score (nSPS) is 11.0. The third-order valence-electron chi connectivity index (χ3n) is 4.71. The molecule has 3 nitrogen and oxygen atoms in total. The Morgan fingerprint density at radius 2 is 1.50 bits per heavy atom. The van der Waals surface area contributed by atoms with Crippen LogP contribution in [0.5, 0.6) is 5.75 Å². The molecule has 0 amide bonds. The zero-order valence-corrected chi connectivity index (χ0v) is 14.9. The van der Waals surface area contributed by atoms with E-state index in [1.54, 1.807) is 7.11 Å². The molecule has 0 aliphatic rings. The van der Waals surface area contributed by atoms with Gasteiger partial charge in [0.15, 0.2) is 0 Å². The predicted molar refractivity (Wildman–Crippen MR) is 106 cm³/mol. The van der Waals surface area contributed by atoms with Crippen LogP contribution in [-0.4, -0.2) is 16.7 Å². The van der Waals surface area contributed by atoms with Crippen molar-refractivity contribution in [3.63, 3.8) is 0 Å². The Kier molecular flexibility index (Phi) is 4.69. The number of aryl methyl sites for hydroxylation is 2. The summed E-state index contributed by atoms with van der Waals surface area (Å²) in [5, 5.41) is 0. The highest BCUT2D eigenvalue weighted by atomic mass is 16.5. The molecule has 26 heavy (non-hydrogen) atoms. The summed E-state index contributed by atoms with van der Waals surface area (Å²) in [4.78, 5) is 4.90. The molecule has 0 saturated carbocycles. The maximum Gasteiger partial charge on any atom is 0.118 e. The number of methoxy groups -OCH3 is 1. The first-order valence-electron chi connectivity index (χ1n) is 8.94. The van der Waals surface area contributed by atoms with E-state index < -0.39 is 0 Å². The minimum absolute atomic E-state index is 0.814. The first kappa shape index (κ1) is 16.4. The highest BCUT2D eigenvalue weighted by Crippen LogP contribution is 2.20. The van der Waals surface area contributed by atoms with Crippen LogP contribution in [0.1, 0.15) is 17.0 Å². The molecule has 3 heteroatoms. The Labute approximate surface area is 153 Å². The van der Waals surface area contributed by atoms with Gasteiger partial charge in [0.2, 0.25) is 0 Å². The van der Waals surface area contributed by atoms with Crippen molar-refractivity contribution in [2.75, 3.05) is 7.11 Å². The summed E-state index contributed by atoms with van der Waals surface area (Å²) in [7, 11) is 1.69. The number of aromatic nitrogens is 2. The molecule has 0 N–H and O–H groups in total. The molecule has 0 saturated heterocycles. The van der Waals surface area contributed by atoms with Gasteiger partial charge in [-0.2, -0.15) is 0 Å². The molecule has 0 radical (unpaired) electrons. The van der Waals surface area contributed by atoms with E-state index >= 15 is 0 Å². The van der Waals surface area contributed by atoms with Gasteiger partial charge in [0.05, 0.1) is 18.1 Å². The monoisotopic (exact) mass is 342 g/mol. The number of fused-ring (bicyclic) bond motifs is 1. The second-order valence-corrected chi connectivity index (χ2v) is 6.44. The fourth-order valence-electron chi connectivity index (χ4n) is 3.31. The van der Waals surface area contributed by atoms with Crippen LogP contribution in [-0.2, 0) is 19.4 Å². The zero-order valence-electron chi connectivity index (χ0n) is 14.9. The van der Waals surface area contributed by atoms with E-state index in [0.717, 1.165) is 36.5 Å². The summed E-state index contributed by atoms with van der Waals surface area (Å²) < 4.78 is 7.60. The van der Waals surface area contributed by atoms with Crippen LogP contribution in [0.4, 0.5) is 0 Å². The van der Waals surface area contributed by atoms with Crippen LogP contribution in [0.25, 0.3) is 11.0 Å². The van der Waals surface area contributed by atoms with Crippen molar-refractivity contribution in [1.29, 1.82) is 0 Å². The summed E-state index contributed by atoms with van der Waals surface area (Å²) >= 11 is 0. The van der Waals surface area contributed by atoms with Crippen molar-refractivity contribution < 1.29 is 4.74 Å². The van der Waals surface area contributed by atoms with E-state index in [-0.39, 0.29) is 0 Å². The molecular weight excluding hydrogens is 320 g/mol. The average molecular weight is 342 g/mol. The maximum atomic E-state index is 5.27. The van der Waals surface area contributed by atoms with E-state index in [9.17, 15) is 0 Å². The highest BCUT2D eigenvalue weighted by molar-refractivity contribution is 5.76. The summed E-state index contributed by atoms with van der Waals surface area (Å²) in [6.07, 6.45) is 1.92. The van der Waals surface area contributed by atoms with Crippen molar-refractivity contribution in [1.82, 2.24) is 9.55 Å². The number of benzene rings is 3. The Morgan fingerprint density at radius 3 is 2.27 bits per heavy atom. The van der Waals surface area contributed by atoms with Gasteiger partial charge in [-0.25, -0.2) is 4.98 Å². The Balaban J connectivity index is 1.64. The zero-order chi connectivity index (χ0) is 17.8. The molecule has 0 fully saturated rings. The minimum Gasteiger partial charge on any atom is -0.497 e. The van der Waals surface area contributed by atoms with E-state index in [0.29, 0.717) is 0 Å². The van der Waals surface area contributed by atoms with Crippen LogP contribution in [0.15, 0.2) is 78.9 Å². The van der Waals surface area contributed by atoms with E-state index in [4.69, 9.17) is 9.72 Å². The second kappa shape index (κ2) is 7.44. The number of hydrogen-bond acceptors (Lipinski definition) is 2. The van der Waals surface area contributed by atoms with Gasteiger partial charge in [-0.3, -0.25) is 0 Å². The van der Waals surface area contributed by atoms with Gasteiger partial charge >= 0.3 is 0 Å². The molecule has 4 aromatic rings. The molecule has 0 unspecified atom stereocenters. The smallest absolute Gasteiger partial charge is 0.118 e. The molecule has 0 aliphatic carbocycles.